The molecule has 0 aliphatic heterocycles. The molecule has 0 aliphatic carbocycles. The Labute approximate surface area is 125 Å². The van der Waals surface area contributed by atoms with Crippen LogP contribution in [0.4, 0.5) is 0 Å². The van der Waals surface area contributed by atoms with Gasteiger partial charge in [-0.1, -0.05) is 15.9 Å². The van der Waals surface area contributed by atoms with Gasteiger partial charge in [-0.2, -0.15) is 0 Å². The topological polar surface area (TPSA) is 54.9 Å². The second kappa shape index (κ2) is 6.16. The van der Waals surface area contributed by atoms with E-state index in [0.717, 1.165) is 15.9 Å². The molecule has 1 aromatic carbocycles. The van der Waals surface area contributed by atoms with E-state index in [2.05, 4.69) is 43.8 Å². The molecular weight excluding hydrogens is 326 g/mol. The smallest absolute Gasteiger partial charge is 0.252 e. The van der Waals surface area contributed by atoms with Crippen LogP contribution in [0.15, 0.2) is 40.0 Å². The van der Waals surface area contributed by atoms with Crippen molar-refractivity contribution in [3.8, 4) is 0 Å². The van der Waals surface area contributed by atoms with Crippen LogP contribution in [0.25, 0.3) is 0 Å². The van der Waals surface area contributed by atoms with E-state index < -0.39 is 0 Å². The van der Waals surface area contributed by atoms with Gasteiger partial charge in [0.15, 0.2) is 0 Å². The predicted octanol–water partition coefficient (Wildman–Crippen LogP) is 2.77. The number of hydrogen-bond acceptors (Lipinski definition) is 4. The fourth-order valence-electron chi connectivity index (χ4n) is 1.47. The molecule has 0 saturated carbocycles. The summed E-state index contributed by atoms with van der Waals surface area (Å²) in [4.78, 5) is 20.9. The van der Waals surface area contributed by atoms with Crippen LogP contribution in [0, 0.1) is 6.92 Å². The molecule has 0 radical (unpaired) electrons. The molecular formula is C13H12BrN3OS. The summed E-state index contributed by atoms with van der Waals surface area (Å²) < 4.78 is 0.887. The zero-order chi connectivity index (χ0) is 13.8. The van der Waals surface area contributed by atoms with Crippen molar-refractivity contribution in [3.05, 3.63) is 52.0 Å². The highest BCUT2D eigenvalue weighted by atomic mass is 79.9. The van der Waals surface area contributed by atoms with Gasteiger partial charge in [0.1, 0.15) is 0 Å². The van der Waals surface area contributed by atoms with Crippen molar-refractivity contribution in [1.82, 2.24) is 15.3 Å². The lowest BCUT2D eigenvalue weighted by Gasteiger charge is -2.07. The van der Waals surface area contributed by atoms with Gasteiger partial charge in [0.25, 0.3) is 5.91 Å². The number of amides is 1. The Bertz CT molecular complexity index is 601. The Hall–Kier alpha value is -1.40. The highest BCUT2D eigenvalue weighted by Gasteiger charge is 2.09. The number of halogens is 1. The van der Waals surface area contributed by atoms with Crippen LogP contribution >= 0.6 is 28.6 Å². The lowest BCUT2D eigenvalue weighted by Crippen LogP contribution is -2.23. The molecule has 0 saturated heterocycles. The van der Waals surface area contributed by atoms with Gasteiger partial charge in [-0.15, -0.1) is 12.6 Å². The molecule has 1 N–H and O–H groups in total. The third-order valence-corrected chi connectivity index (χ3v) is 3.33. The first-order valence-corrected chi connectivity index (χ1v) is 6.84. The second-order valence-corrected chi connectivity index (χ2v) is 5.39. The fraction of sp³-hybridized carbons (Fsp3) is 0.154. The zero-order valence-corrected chi connectivity index (χ0v) is 12.7. The Balaban J connectivity index is 2.03. The molecule has 6 heteroatoms. The highest BCUT2D eigenvalue weighted by Crippen LogP contribution is 2.19. The number of carbonyl (C=O) groups excluding carboxylic acids is 1. The van der Waals surface area contributed by atoms with Crippen LogP contribution in [-0.2, 0) is 6.54 Å². The Morgan fingerprint density at radius 3 is 2.79 bits per heavy atom. The van der Waals surface area contributed by atoms with E-state index in [-0.39, 0.29) is 5.91 Å². The van der Waals surface area contributed by atoms with Crippen molar-refractivity contribution in [2.45, 2.75) is 18.4 Å². The summed E-state index contributed by atoms with van der Waals surface area (Å²) in [6.45, 7) is 2.21. The fourth-order valence-corrected chi connectivity index (χ4v) is 2.33. The van der Waals surface area contributed by atoms with E-state index in [9.17, 15) is 4.79 Å². The molecule has 2 rings (SSSR count). The molecule has 0 unspecified atom stereocenters. The van der Waals surface area contributed by atoms with Crippen LogP contribution in [0.5, 0.6) is 0 Å². The zero-order valence-electron chi connectivity index (χ0n) is 10.2. The number of nitrogens with zero attached hydrogens (tertiary/aromatic N) is 2. The van der Waals surface area contributed by atoms with Crippen LogP contribution in [-0.4, -0.2) is 15.9 Å². The minimum absolute atomic E-state index is 0.181. The summed E-state index contributed by atoms with van der Waals surface area (Å²) in [6.07, 6.45) is 3.32. The lowest BCUT2D eigenvalue weighted by molar-refractivity contribution is 0.0947. The highest BCUT2D eigenvalue weighted by molar-refractivity contribution is 9.10. The molecule has 1 amide bonds. The summed E-state index contributed by atoms with van der Waals surface area (Å²) in [5, 5.41) is 2.79. The Kier molecular flexibility index (Phi) is 4.55. The first kappa shape index (κ1) is 14.0. The first-order valence-electron chi connectivity index (χ1n) is 5.60. The molecule has 0 bridgehead atoms. The molecule has 19 heavy (non-hydrogen) atoms. The van der Waals surface area contributed by atoms with Crippen molar-refractivity contribution in [3.63, 3.8) is 0 Å². The maximum absolute atomic E-state index is 12.0. The number of carbonyl (C=O) groups is 1. The van der Waals surface area contributed by atoms with E-state index >= 15 is 0 Å². The van der Waals surface area contributed by atoms with Crippen LogP contribution in [0.1, 0.15) is 21.7 Å². The van der Waals surface area contributed by atoms with E-state index in [1.807, 2.05) is 6.92 Å². The number of aromatic nitrogens is 2. The number of rotatable bonds is 3. The quantitative estimate of drug-likeness (QED) is 0.846. The monoisotopic (exact) mass is 337 g/mol. The standard InChI is InChI=1S/C13H12BrN3OS/c1-8-5-16-10(6-15-8)7-17-13(18)11-3-2-9(14)4-12(11)19/h2-6,19H,7H2,1H3,(H,17,18). The summed E-state index contributed by atoms with van der Waals surface area (Å²) >= 11 is 7.61. The van der Waals surface area contributed by atoms with Crippen LogP contribution in [0.3, 0.4) is 0 Å². The maximum Gasteiger partial charge on any atom is 0.252 e. The third kappa shape index (κ3) is 3.78. The normalized spacial score (nSPS) is 10.3. The van der Waals surface area contributed by atoms with Crippen molar-refractivity contribution in [2.75, 3.05) is 0 Å². The number of nitrogens with one attached hydrogen (secondary N) is 1. The Morgan fingerprint density at radius 2 is 2.16 bits per heavy atom. The molecule has 1 heterocycles. The van der Waals surface area contributed by atoms with Crippen molar-refractivity contribution in [1.29, 1.82) is 0 Å². The second-order valence-electron chi connectivity index (χ2n) is 3.99. The SMILES string of the molecule is Cc1cnc(CNC(=O)c2ccc(Br)cc2S)cn1. The minimum atomic E-state index is -0.181. The number of hydrogen-bond donors (Lipinski definition) is 2. The average molecular weight is 338 g/mol. The van der Waals surface area contributed by atoms with Crippen molar-refractivity contribution in [2.24, 2.45) is 0 Å². The molecule has 0 aliphatic rings. The largest absolute Gasteiger partial charge is 0.346 e. The number of aryl methyl sites for hydroxylation is 1. The maximum atomic E-state index is 12.0. The summed E-state index contributed by atoms with van der Waals surface area (Å²) in [5.41, 5.74) is 2.10. The van der Waals surface area contributed by atoms with Gasteiger partial charge in [-0.3, -0.25) is 14.8 Å². The van der Waals surface area contributed by atoms with Crippen LogP contribution < -0.4 is 5.32 Å². The van der Waals surface area contributed by atoms with Gasteiger partial charge in [0, 0.05) is 15.6 Å². The van der Waals surface area contributed by atoms with Gasteiger partial charge in [-0.05, 0) is 25.1 Å². The van der Waals surface area contributed by atoms with E-state index in [4.69, 9.17) is 0 Å². The number of thiol groups is 1. The summed E-state index contributed by atoms with van der Waals surface area (Å²) in [6, 6.07) is 5.31. The van der Waals surface area contributed by atoms with Crippen molar-refractivity contribution >= 4 is 34.5 Å². The molecule has 0 spiro atoms. The summed E-state index contributed by atoms with van der Waals surface area (Å²) in [7, 11) is 0. The molecule has 0 fully saturated rings. The molecule has 4 nitrogen and oxygen atoms in total. The van der Waals surface area contributed by atoms with Gasteiger partial charge >= 0.3 is 0 Å². The van der Waals surface area contributed by atoms with Gasteiger partial charge < -0.3 is 5.32 Å². The average Bonchev–Trinajstić information content (AvgIpc) is 2.37. The molecule has 1 aromatic heterocycles. The van der Waals surface area contributed by atoms with E-state index in [0.29, 0.717) is 17.0 Å². The van der Waals surface area contributed by atoms with E-state index in [1.165, 1.54) is 0 Å². The van der Waals surface area contributed by atoms with E-state index in [1.54, 1.807) is 30.6 Å². The lowest BCUT2D eigenvalue weighted by atomic mass is 10.2. The Morgan fingerprint density at radius 1 is 1.37 bits per heavy atom. The molecule has 0 atom stereocenters. The predicted molar refractivity (Wildman–Crippen MR) is 79.3 cm³/mol. The number of benzene rings is 1. The summed E-state index contributed by atoms with van der Waals surface area (Å²) in [5.74, 6) is -0.181. The minimum Gasteiger partial charge on any atom is -0.346 e. The van der Waals surface area contributed by atoms with Gasteiger partial charge in [0.2, 0.25) is 0 Å². The molecule has 98 valence electrons. The van der Waals surface area contributed by atoms with Crippen LogP contribution in [0.2, 0.25) is 0 Å². The van der Waals surface area contributed by atoms with Gasteiger partial charge in [0.05, 0.1) is 29.7 Å². The third-order valence-electron chi connectivity index (χ3n) is 2.47. The van der Waals surface area contributed by atoms with Crippen molar-refractivity contribution < 1.29 is 4.79 Å². The molecule has 2 aromatic rings. The van der Waals surface area contributed by atoms with Gasteiger partial charge in [-0.25, -0.2) is 0 Å². The first-order chi connectivity index (χ1) is 9.06.